The van der Waals surface area contributed by atoms with E-state index in [1.807, 2.05) is 0 Å². The van der Waals surface area contributed by atoms with E-state index >= 15 is 0 Å². The van der Waals surface area contributed by atoms with Gasteiger partial charge in [0.15, 0.2) is 0 Å². The normalized spacial score (nSPS) is 31.9. The minimum atomic E-state index is 0.726. The Bertz CT molecular complexity index is 211. The molecule has 2 rings (SSSR count). The Labute approximate surface area is 107 Å². The van der Waals surface area contributed by atoms with Crippen LogP contribution in [0.2, 0.25) is 0 Å². The van der Waals surface area contributed by atoms with Crippen molar-refractivity contribution in [2.75, 3.05) is 20.6 Å². The second-order valence-corrected chi connectivity index (χ2v) is 6.19. The zero-order chi connectivity index (χ0) is 12.1. The summed E-state index contributed by atoms with van der Waals surface area (Å²) in [4.78, 5) is 2.67. The lowest BCUT2D eigenvalue weighted by atomic mass is 9.99. The number of hydrogen-bond donors (Lipinski definition) is 1. The van der Waals surface area contributed by atoms with E-state index in [1.54, 1.807) is 0 Å². The molecule has 100 valence electrons. The minimum absolute atomic E-state index is 0.726. The van der Waals surface area contributed by atoms with Crippen molar-refractivity contribution in [1.29, 1.82) is 0 Å². The fourth-order valence-electron chi connectivity index (χ4n) is 3.89. The summed E-state index contributed by atoms with van der Waals surface area (Å²) in [5.74, 6) is 0.987. The Hall–Kier alpha value is -0.0800. The predicted molar refractivity (Wildman–Crippen MR) is 74.3 cm³/mol. The van der Waals surface area contributed by atoms with Crippen molar-refractivity contribution >= 4 is 0 Å². The van der Waals surface area contributed by atoms with Gasteiger partial charge in [-0.2, -0.15) is 0 Å². The van der Waals surface area contributed by atoms with E-state index in [1.165, 1.54) is 64.3 Å². The second-order valence-electron chi connectivity index (χ2n) is 6.19. The summed E-state index contributed by atoms with van der Waals surface area (Å²) in [5, 5.41) is 3.56. The molecule has 0 spiro atoms. The van der Waals surface area contributed by atoms with Gasteiger partial charge in [-0.25, -0.2) is 0 Å². The molecule has 0 aromatic heterocycles. The predicted octanol–water partition coefficient (Wildman–Crippen LogP) is 3.03. The van der Waals surface area contributed by atoms with Gasteiger partial charge in [-0.15, -0.1) is 0 Å². The summed E-state index contributed by atoms with van der Waals surface area (Å²) in [6, 6.07) is 1.51. The maximum absolute atomic E-state index is 3.56. The molecule has 2 heteroatoms. The molecule has 2 aliphatic rings. The maximum Gasteiger partial charge on any atom is 0.0246 e. The lowest BCUT2D eigenvalue weighted by Gasteiger charge is -2.35. The van der Waals surface area contributed by atoms with E-state index in [4.69, 9.17) is 0 Å². The Balaban J connectivity index is 1.87. The Morgan fingerprint density at radius 3 is 2.29 bits per heavy atom. The van der Waals surface area contributed by atoms with E-state index in [0.29, 0.717) is 0 Å². The molecule has 2 saturated carbocycles. The number of rotatable bonds is 4. The number of nitrogens with one attached hydrogen (secondary N) is 1. The fourth-order valence-corrected chi connectivity index (χ4v) is 3.89. The first-order valence-electron chi connectivity index (χ1n) is 7.68. The summed E-state index contributed by atoms with van der Waals surface area (Å²) in [5.41, 5.74) is 0. The third-order valence-corrected chi connectivity index (χ3v) is 4.94. The molecule has 2 atom stereocenters. The van der Waals surface area contributed by atoms with Crippen LogP contribution in [0.3, 0.4) is 0 Å². The van der Waals surface area contributed by atoms with Crippen molar-refractivity contribution in [3.05, 3.63) is 0 Å². The van der Waals surface area contributed by atoms with Crippen molar-refractivity contribution in [3.8, 4) is 0 Å². The zero-order valence-electron chi connectivity index (χ0n) is 11.8. The third-order valence-electron chi connectivity index (χ3n) is 4.94. The highest BCUT2D eigenvalue weighted by atomic mass is 15.2. The van der Waals surface area contributed by atoms with E-state index in [0.717, 1.165) is 18.0 Å². The maximum atomic E-state index is 3.56. The van der Waals surface area contributed by atoms with E-state index < -0.39 is 0 Å². The summed E-state index contributed by atoms with van der Waals surface area (Å²) in [6.07, 6.45) is 12.9. The van der Waals surface area contributed by atoms with Crippen LogP contribution in [0.25, 0.3) is 0 Å². The first kappa shape index (κ1) is 13.4. The Morgan fingerprint density at radius 1 is 0.941 bits per heavy atom. The van der Waals surface area contributed by atoms with Crippen LogP contribution in [-0.4, -0.2) is 37.6 Å². The van der Waals surface area contributed by atoms with Crippen LogP contribution in [0.5, 0.6) is 0 Å². The standard InChI is InChI=1S/C15H30N2/c1-16-14-10-4-3-5-11-15(14)17(2)12-13-8-6-7-9-13/h13-16H,3-12H2,1-2H3. The molecular weight excluding hydrogens is 208 g/mol. The molecule has 0 aliphatic heterocycles. The zero-order valence-corrected chi connectivity index (χ0v) is 11.8. The van der Waals surface area contributed by atoms with Gasteiger partial charge in [-0.1, -0.05) is 32.1 Å². The molecule has 0 heterocycles. The number of hydrogen-bond acceptors (Lipinski definition) is 2. The SMILES string of the molecule is CNC1CCCCCC1N(C)CC1CCCC1. The van der Waals surface area contributed by atoms with Gasteiger partial charge in [0.2, 0.25) is 0 Å². The number of likely N-dealkylation sites (N-methyl/N-ethyl adjacent to an activating group) is 2. The lowest BCUT2D eigenvalue weighted by molar-refractivity contribution is 0.162. The van der Waals surface area contributed by atoms with Gasteiger partial charge in [-0.05, 0) is 45.7 Å². The highest BCUT2D eigenvalue weighted by Crippen LogP contribution is 2.28. The second kappa shape index (κ2) is 6.75. The smallest absolute Gasteiger partial charge is 0.0246 e. The van der Waals surface area contributed by atoms with Crippen LogP contribution in [-0.2, 0) is 0 Å². The molecule has 17 heavy (non-hydrogen) atoms. The molecule has 0 aromatic carbocycles. The highest BCUT2D eigenvalue weighted by molar-refractivity contribution is 4.86. The quantitative estimate of drug-likeness (QED) is 0.757. The van der Waals surface area contributed by atoms with Crippen molar-refractivity contribution in [2.24, 2.45) is 5.92 Å². The third kappa shape index (κ3) is 3.69. The van der Waals surface area contributed by atoms with Gasteiger partial charge in [0.1, 0.15) is 0 Å². The topological polar surface area (TPSA) is 15.3 Å². The molecule has 2 fully saturated rings. The first-order chi connectivity index (χ1) is 8.31. The monoisotopic (exact) mass is 238 g/mol. The average Bonchev–Trinajstić information content (AvgIpc) is 2.71. The van der Waals surface area contributed by atoms with Crippen LogP contribution in [0.4, 0.5) is 0 Å². The molecule has 2 aliphatic carbocycles. The molecule has 0 saturated heterocycles. The molecular formula is C15H30N2. The first-order valence-corrected chi connectivity index (χ1v) is 7.68. The Morgan fingerprint density at radius 2 is 1.59 bits per heavy atom. The van der Waals surface area contributed by atoms with E-state index in [9.17, 15) is 0 Å². The molecule has 0 amide bonds. The van der Waals surface area contributed by atoms with Crippen molar-refractivity contribution < 1.29 is 0 Å². The van der Waals surface area contributed by atoms with Crippen molar-refractivity contribution in [2.45, 2.75) is 69.9 Å². The van der Waals surface area contributed by atoms with E-state index in [-0.39, 0.29) is 0 Å². The molecule has 2 nitrogen and oxygen atoms in total. The molecule has 1 N–H and O–H groups in total. The van der Waals surface area contributed by atoms with Gasteiger partial charge in [0.05, 0.1) is 0 Å². The molecule has 0 bridgehead atoms. The molecule has 0 aromatic rings. The molecule has 0 radical (unpaired) electrons. The number of nitrogens with zero attached hydrogens (tertiary/aromatic N) is 1. The fraction of sp³-hybridized carbons (Fsp3) is 1.00. The summed E-state index contributed by atoms with van der Waals surface area (Å²) in [6.45, 7) is 1.34. The van der Waals surface area contributed by atoms with Crippen molar-refractivity contribution in [1.82, 2.24) is 10.2 Å². The van der Waals surface area contributed by atoms with Crippen LogP contribution < -0.4 is 5.32 Å². The van der Waals surface area contributed by atoms with Crippen molar-refractivity contribution in [3.63, 3.8) is 0 Å². The van der Waals surface area contributed by atoms with Gasteiger partial charge in [-0.3, -0.25) is 0 Å². The Kier molecular flexibility index (Phi) is 5.30. The summed E-state index contributed by atoms with van der Waals surface area (Å²) < 4.78 is 0. The van der Waals surface area contributed by atoms with E-state index in [2.05, 4.69) is 24.3 Å². The van der Waals surface area contributed by atoms with Gasteiger partial charge in [0, 0.05) is 18.6 Å². The van der Waals surface area contributed by atoms with Crippen LogP contribution in [0, 0.1) is 5.92 Å². The van der Waals surface area contributed by atoms with Crippen LogP contribution in [0.15, 0.2) is 0 Å². The summed E-state index contributed by atoms with van der Waals surface area (Å²) >= 11 is 0. The highest BCUT2D eigenvalue weighted by Gasteiger charge is 2.27. The van der Waals surface area contributed by atoms with Gasteiger partial charge in [0.25, 0.3) is 0 Å². The average molecular weight is 238 g/mol. The summed E-state index contributed by atoms with van der Waals surface area (Å²) in [7, 11) is 4.51. The molecule has 2 unspecified atom stereocenters. The van der Waals surface area contributed by atoms with Gasteiger partial charge < -0.3 is 10.2 Å². The van der Waals surface area contributed by atoms with Crippen LogP contribution >= 0.6 is 0 Å². The van der Waals surface area contributed by atoms with Crippen LogP contribution in [0.1, 0.15) is 57.8 Å². The lowest BCUT2D eigenvalue weighted by Crippen LogP contribution is -2.48. The van der Waals surface area contributed by atoms with Gasteiger partial charge >= 0.3 is 0 Å². The minimum Gasteiger partial charge on any atom is -0.315 e. The largest absolute Gasteiger partial charge is 0.315 e.